The Labute approximate surface area is 115 Å². The summed E-state index contributed by atoms with van der Waals surface area (Å²) < 4.78 is 13.2. The third-order valence-corrected chi connectivity index (χ3v) is 3.43. The molecule has 1 aromatic carbocycles. The fraction of sp³-hybridized carbons (Fsp3) is 0.385. The first-order chi connectivity index (χ1) is 9.52. The van der Waals surface area contributed by atoms with E-state index in [1.54, 1.807) is 0 Å². The smallest absolute Gasteiger partial charge is 0.257 e. The number of phenols is 1. The minimum atomic E-state index is -0.587. The largest absolute Gasteiger partial charge is 0.507 e. The van der Waals surface area contributed by atoms with Gasteiger partial charge in [-0.3, -0.25) is 4.79 Å². The summed E-state index contributed by atoms with van der Waals surface area (Å²) in [6.07, 6.45) is 1.41. The molecule has 1 atom stereocenters. The molecule has 108 valence electrons. The van der Waals surface area contributed by atoms with Gasteiger partial charge in [-0.05, 0) is 31.0 Å². The number of carbonyl (C=O) groups excluding carboxylic acids is 1. The summed E-state index contributed by atoms with van der Waals surface area (Å²) in [5.74, 6) is -1.46. The number of piperidine rings is 1. The lowest BCUT2D eigenvalue weighted by atomic mass is 9.96. The predicted octanol–water partition coefficient (Wildman–Crippen LogP) is 1.13. The lowest BCUT2D eigenvalue weighted by molar-refractivity contribution is 0.0697. The molecule has 0 saturated carbocycles. The molecule has 0 radical (unpaired) electrons. The second-order valence-electron chi connectivity index (χ2n) is 4.78. The maximum absolute atomic E-state index is 13.2. The van der Waals surface area contributed by atoms with E-state index in [4.69, 9.17) is 10.9 Å². The number of rotatable bonds is 2. The normalized spacial score (nSPS) is 19.9. The Hall–Kier alpha value is -2.31. The Balaban J connectivity index is 2.18. The zero-order chi connectivity index (χ0) is 14.7. The summed E-state index contributed by atoms with van der Waals surface area (Å²) in [5.41, 5.74) is 5.48. The minimum Gasteiger partial charge on any atom is -0.507 e. The molecular weight excluding hydrogens is 265 g/mol. The van der Waals surface area contributed by atoms with Crippen molar-refractivity contribution in [2.24, 2.45) is 16.8 Å². The standard InChI is InChI=1S/C13H16FN3O3/c14-9-3-4-11(18)10(6-9)13(19)17-5-1-2-8(7-17)12(15)16-20/h3-4,6,8,18,20H,1-2,5,7H2,(H2,15,16). The van der Waals surface area contributed by atoms with Gasteiger partial charge in [0, 0.05) is 19.0 Å². The zero-order valence-corrected chi connectivity index (χ0v) is 10.8. The maximum Gasteiger partial charge on any atom is 0.257 e. The van der Waals surface area contributed by atoms with Gasteiger partial charge in [-0.2, -0.15) is 0 Å². The zero-order valence-electron chi connectivity index (χ0n) is 10.8. The van der Waals surface area contributed by atoms with E-state index < -0.39 is 11.7 Å². The highest BCUT2D eigenvalue weighted by atomic mass is 19.1. The molecule has 1 amide bonds. The van der Waals surface area contributed by atoms with Gasteiger partial charge in [-0.25, -0.2) is 4.39 Å². The van der Waals surface area contributed by atoms with Crippen molar-refractivity contribution in [3.63, 3.8) is 0 Å². The molecule has 1 saturated heterocycles. The lowest BCUT2D eigenvalue weighted by Crippen LogP contribution is -2.44. The fourth-order valence-electron chi connectivity index (χ4n) is 2.33. The van der Waals surface area contributed by atoms with Crippen LogP contribution in [0.1, 0.15) is 23.2 Å². The third-order valence-electron chi connectivity index (χ3n) is 3.43. The number of amidine groups is 1. The number of amides is 1. The van der Waals surface area contributed by atoms with Gasteiger partial charge in [-0.1, -0.05) is 5.16 Å². The van der Waals surface area contributed by atoms with Crippen molar-refractivity contribution in [3.8, 4) is 5.75 Å². The molecule has 1 aromatic rings. The molecule has 0 bridgehead atoms. The molecule has 0 spiro atoms. The van der Waals surface area contributed by atoms with Crippen molar-refractivity contribution in [2.45, 2.75) is 12.8 Å². The topological polar surface area (TPSA) is 99.2 Å². The van der Waals surface area contributed by atoms with Gasteiger partial charge in [0.1, 0.15) is 17.4 Å². The first kappa shape index (κ1) is 14.1. The number of benzene rings is 1. The highest BCUT2D eigenvalue weighted by Crippen LogP contribution is 2.23. The van der Waals surface area contributed by atoms with Crippen LogP contribution in [0.5, 0.6) is 5.75 Å². The van der Waals surface area contributed by atoms with E-state index in [1.165, 1.54) is 4.90 Å². The molecule has 20 heavy (non-hydrogen) atoms. The van der Waals surface area contributed by atoms with E-state index in [0.29, 0.717) is 13.0 Å². The number of likely N-dealkylation sites (tertiary alicyclic amines) is 1. The Kier molecular flexibility index (Phi) is 4.07. The quantitative estimate of drug-likeness (QED) is 0.327. The molecule has 1 aliphatic rings. The van der Waals surface area contributed by atoms with Crippen LogP contribution < -0.4 is 5.73 Å². The van der Waals surface area contributed by atoms with Crippen LogP contribution >= 0.6 is 0 Å². The molecule has 1 fully saturated rings. The first-order valence-electron chi connectivity index (χ1n) is 6.28. The van der Waals surface area contributed by atoms with Gasteiger partial charge in [0.05, 0.1) is 5.56 Å². The molecule has 6 nitrogen and oxygen atoms in total. The van der Waals surface area contributed by atoms with Crippen molar-refractivity contribution < 1.29 is 19.5 Å². The Bertz CT molecular complexity index is 548. The Morgan fingerprint density at radius 1 is 1.50 bits per heavy atom. The third kappa shape index (κ3) is 2.81. The van der Waals surface area contributed by atoms with Crippen LogP contribution in [0.3, 0.4) is 0 Å². The van der Waals surface area contributed by atoms with E-state index in [0.717, 1.165) is 24.6 Å². The summed E-state index contributed by atoms with van der Waals surface area (Å²) in [7, 11) is 0. The van der Waals surface area contributed by atoms with Gasteiger partial charge >= 0.3 is 0 Å². The minimum absolute atomic E-state index is 0.0750. The predicted molar refractivity (Wildman–Crippen MR) is 70.1 cm³/mol. The Morgan fingerprint density at radius 2 is 2.25 bits per heavy atom. The molecule has 1 aliphatic heterocycles. The summed E-state index contributed by atoms with van der Waals surface area (Å²) in [6, 6.07) is 3.24. The molecule has 0 aliphatic carbocycles. The summed E-state index contributed by atoms with van der Waals surface area (Å²) in [4.78, 5) is 13.8. The number of nitrogens with zero attached hydrogens (tertiary/aromatic N) is 2. The monoisotopic (exact) mass is 281 g/mol. The number of aromatic hydroxyl groups is 1. The van der Waals surface area contributed by atoms with Crippen molar-refractivity contribution in [1.29, 1.82) is 0 Å². The average molecular weight is 281 g/mol. The van der Waals surface area contributed by atoms with E-state index in [-0.39, 0.29) is 29.6 Å². The van der Waals surface area contributed by atoms with Crippen molar-refractivity contribution in [1.82, 2.24) is 4.90 Å². The highest BCUT2D eigenvalue weighted by molar-refractivity contribution is 5.97. The van der Waals surface area contributed by atoms with Crippen LogP contribution in [0, 0.1) is 11.7 Å². The molecule has 0 aromatic heterocycles. The van der Waals surface area contributed by atoms with Crippen LogP contribution in [-0.2, 0) is 0 Å². The maximum atomic E-state index is 13.2. The molecule has 2 rings (SSSR count). The second kappa shape index (κ2) is 5.77. The van der Waals surface area contributed by atoms with Crippen LogP contribution in [0.4, 0.5) is 4.39 Å². The van der Waals surface area contributed by atoms with Crippen LogP contribution in [0.25, 0.3) is 0 Å². The second-order valence-corrected chi connectivity index (χ2v) is 4.78. The van der Waals surface area contributed by atoms with Gasteiger partial charge < -0.3 is 20.9 Å². The Morgan fingerprint density at radius 3 is 2.95 bits per heavy atom. The van der Waals surface area contributed by atoms with Gasteiger partial charge in [0.2, 0.25) is 0 Å². The number of phenolic OH excluding ortho intramolecular Hbond substituents is 1. The first-order valence-corrected chi connectivity index (χ1v) is 6.28. The van der Waals surface area contributed by atoms with Crippen molar-refractivity contribution in [2.75, 3.05) is 13.1 Å². The number of carbonyl (C=O) groups is 1. The lowest BCUT2D eigenvalue weighted by Gasteiger charge is -2.32. The number of hydrogen-bond acceptors (Lipinski definition) is 4. The summed E-state index contributed by atoms with van der Waals surface area (Å²) in [5, 5.41) is 21.3. The molecule has 1 heterocycles. The average Bonchev–Trinajstić information content (AvgIpc) is 2.48. The van der Waals surface area contributed by atoms with Crippen molar-refractivity contribution in [3.05, 3.63) is 29.6 Å². The highest BCUT2D eigenvalue weighted by Gasteiger charge is 2.28. The van der Waals surface area contributed by atoms with Crippen LogP contribution in [-0.4, -0.2) is 40.0 Å². The number of halogens is 1. The molecular formula is C13H16FN3O3. The molecule has 4 N–H and O–H groups in total. The van der Waals surface area contributed by atoms with Gasteiger partial charge in [0.15, 0.2) is 0 Å². The van der Waals surface area contributed by atoms with Gasteiger partial charge in [-0.15, -0.1) is 0 Å². The molecule has 7 heteroatoms. The number of oxime groups is 1. The van der Waals surface area contributed by atoms with Gasteiger partial charge in [0.25, 0.3) is 5.91 Å². The fourth-order valence-corrected chi connectivity index (χ4v) is 2.33. The van der Waals surface area contributed by atoms with E-state index in [9.17, 15) is 14.3 Å². The number of nitrogens with two attached hydrogens (primary N) is 1. The summed E-state index contributed by atoms with van der Waals surface area (Å²) >= 11 is 0. The van der Waals surface area contributed by atoms with Crippen molar-refractivity contribution >= 4 is 11.7 Å². The van der Waals surface area contributed by atoms with Crippen LogP contribution in [0.2, 0.25) is 0 Å². The van der Waals surface area contributed by atoms with Crippen LogP contribution in [0.15, 0.2) is 23.4 Å². The SMILES string of the molecule is N/C(=N/O)C1CCCN(C(=O)c2cc(F)ccc2O)C1. The van der Waals surface area contributed by atoms with E-state index >= 15 is 0 Å². The van der Waals surface area contributed by atoms with E-state index in [2.05, 4.69) is 5.16 Å². The molecule has 1 unspecified atom stereocenters. The number of hydrogen-bond donors (Lipinski definition) is 3. The summed E-state index contributed by atoms with van der Waals surface area (Å²) in [6.45, 7) is 0.772. The van der Waals surface area contributed by atoms with E-state index in [1.807, 2.05) is 0 Å².